The number of nitrogens with zero attached hydrogens (tertiary/aromatic N) is 1. The first-order valence-corrected chi connectivity index (χ1v) is 13.3. The molecule has 2 saturated heterocycles. The number of ether oxygens (including phenoxy) is 2. The van der Waals surface area contributed by atoms with E-state index in [4.69, 9.17) is 19.6 Å². The van der Waals surface area contributed by atoms with Crippen LogP contribution in [0.4, 0.5) is 0 Å². The van der Waals surface area contributed by atoms with Crippen molar-refractivity contribution in [1.82, 2.24) is 4.90 Å². The number of esters is 1. The molecule has 0 atom stereocenters. The van der Waals surface area contributed by atoms with E-state index in [-0.39, 0.29) is 11.9 Å². The van der Waals surface area contributed by atoms with Crippen LogP contribution in [-0.2, 0) is 19.1 Å². The summed E-state index contributed by atoms with van der Waals surface area (Å²) in [5, 5.41) is 1.25. The first kappa shape index (κ1) is 24.3. The van der Waals surface area contributed by atoms with Crippen molar-refractivity contribution in [2.24, 2.45) is 17.6 Å². The van der Waals surface area contributed by atoms with Crippen molar-refractivity contribution in [3.05, 3.63) is 36.1 Å². The molecule has 5 rings (SSSR count). The summed E-state index contributed by atoms with van der Waals surface area (Å²) in [6.45, 7) is 4.42. The van der Waals surface area contributed by atoms with Gasteiger partial charge in [-0.25, -0.2) is 0 Å². The van der Waals surface area contributed by atoms with Crippen molar-refractivity contribution >= 4 is 22.8 Å². The van der Waals surface area contributed by atoms with E-state index in [0.29, 0.717) is 50.7 Å². The average molecular weight is 483 g/mol. The van der Waals surface area contributed by atoms with Crippen LogP contribution in [-0.4, -0.2) is 55.2 Å². The van der Waals surface area contributed by atoms with Gasteiger partial charge >= 0.3 is 5.97 Å². The number of piperidine rings is 1. The smallest absolute Gasteiger partial charge is 0.310 e. The second-order valence-electron chi connectivity index (χ2n) is 10.7. The quantitative estimate of drug-likeness (QED) is 0.588. The van der Waals surface area contributed by atoms with Gasteiger partial charge in [0.05, 0.1) is 12.2 Å². The van der Waals surface area contributed by atoms with Crippen LogP contribution in [0.2, 0.25) is 0 Å². The number of nitrogens with two attached hydrogens (primary N) is 1. The van der Waals surface area contributed by atoms with Crippen molar-refractivity contribution in [1.29, 1.82) is 0 Å². The van der Waals surface area contributed by atoms with Gasteiger partial charge < -0.3 is 24.5 Å². The van der Waals surface area contributed by atoms with Gasteiger partial charge in [0, 0.05) is 24.2 Å². The van der Waals surface area contributed by atoms with Gasteiger partial charge in [-0.05, 0) is 95.3 Å². The Labute approximate surface area is 207 Å². The zero-order valence-electron chi connectivity index (χ0n) is 20.6. The molecule has 35 heavy (non-hydrogen) atoms. The van der Waals surface area contributed by atoms with E-state index >= 15 is 0 Å². The number of amides is 1. The molecule has 1 aromatic heterocycles. The molecule has 3 aliphatic rings. The lowest BCUT2D eigenvalue weighted by Crippen LogP contribution is -2.51. The van der Waals surface area contributed by atoms with Crippen molar-refractivity contribution in [2.75, 3.05) is 32.8 Å². The molecule has 3 heterocycles. The molecule has 1 aliphatic carbocycles. The fourth-order valence-electron chi connectivity index (χ4n) is 6.19. The van der Waals surface area contributed by atoms with Gasteiger partial charge in [-0.15, -0.1) is 0 Å². The SMILES string of the molecule is NC(=O)C1(OC(=O)C2CCOCC2)CCC(CCN2CCC(c3coc4ccccc34)CC2)CC1. The fraction of sp³-hybridized carbons (Fsp3) is 0.643. The van der Waals surface area contributed by atoms with E-state index in [1.807, 2.05) is 18.4 Å². The summed E-state index contributed by atoms with van der Waals surface area (Å²) in [6, 6.07) is 8.31. The minimum Gasteiger partial charge on any atom is -0.464 e. The number of fused-ring (bicyclic) bond motifs is 1. The maximum absolute atomic E-state index is 12.7. The molecule has 7 nitrogen and oxygen atoms in total. The van der Waals surface area contributed by atoms with Crippen LogP contribution in [0.15, 0.2) is 34.9 Å². The summed E-state index contributed by atoms with van der Waals surface area (Å²) >= 11 is 0. The highest BCUT2D eigenvalue weighted by atomic mass is 16.6. The third kappa shape index (κ3) is 5.41. The second kappa shape index (κ2) is 10.7. The molecule has 7 heteroatoms. The molecule has 0 radical (unpaired) electrons. The van der Waals surface area contributed by atoms with Gasteiger partial charge in [-0.1, -0.05) is 18.2 Å². The average Bonchev–Trinajstić information content (AvgIpc) is 3.33. The van der Waals surface area contributed by atoms with Crippen LogP contribution in [0.5, 0.6) is 0 Å². The first-order chi connectivity index (χ1) is 17.0. The molecule has 2 N–H and O–H groups in total. The highest BCUT2D eigenvalue weighted by molar-refractivity contribution is 5.87. The van der Waals surface area contributed by atoms with Crippen LogP contribution in [0.25, 0.3) is 11.0 Å². The first-order valence-electron chi connectivity index (χ1n) is 13.3. The second-order valence-corrected chi connectivity index (χ2v) is 10.7. The van der Waals surface area contributed by atoms with Gasteiger partial charge in [0.1, 0.15) is 5.58 Å². The van der Waals surface area contributed by atoms with Crippen LogP contribution in [0.1, 0.15) is 69.3 Å². The number of likely N-dealkylation sites (tertiary alicyclic amines) is 1. The summed E-state index contributed by atoms with van der Waals surface area (Å²) in [5.74, 6) is 0.149. The minimum atomic E-state index is -1.13. The topological polar surface area (TPSA) is 95.0 Å². The Hall–Kier alpha value is -2.38. The minimum absolute atomic E-state index is 0.180. The van der Waals surface area contributed by atoms with Gasteiger partial charge in [0.25, 0.3) is 5.91 Å². The largest absolute Gasteiger partial charge is 0.464 e. The number of hydrogen-bond acceptors (Lipinski definition) is 6. The predicted molar refractivity (Wildman–Crippen MR) is 133 cm³/mol. The van der Waals surface area contributed by atoms with Gasteiger partial charge in [0.15, 0.2) is 5.60 Å². The lowest BCUT2D eigenvalue weighted by atomic mass is 9.76. The van der Waals surface area contributed by atoms with E-state index in [9.17, 15) is 9.59 Å². The predicted octanol–water partition coefficient (Wildman–Crippen LogP) is 4.39. The van der Waals surface area contributed by atoms with Crippen LogP contribution in [0.3, 0.4) is 0 Å². The molecule has 1 amide bonds. The summed E-state index contributed by atoms with van der Waals surface area (Å²) in [6.07, 6.45) is 9.52. The van der Waals surface area contributed by atoms with E-state index in [0.717, 1.165) is 57.3 Å². The van der Waals surface area contributed by atoms with Crippen molar-refractivity contribution in [3.63, 3.8) is 0 Å². The zero-order chi connectivity index (χ0) is 24.3. The highest BCUT2D eigenvalue weighted by Crippen LogP contribution is 2.38. The van der Waals surface area contributed by atoms with Gasteiger partial charge in [0.2, 0.25) is 0 Å². The number of carbonyl (C=O) groups excluding carboxylic acids is 2. The highest BCUT2D eigenvalue weighted by Gasteiger charge is 2.45. The maximum atomic E-state index is 12.7. The number of para-hydroxylation sites is 1. The van der Waals surface area contributed by atoms with Crippen LogP contribution < -0.4 is 5.73 Å². The van der Waals surface area contributed by atoms with E-state index in [1.54, 1.807) is 0 Å². The summed E-state index contributed by atoms with van der Waals surface area (Å²) in [4.78, 5) is 27.6. The molecule has 3 fully saturated rings. The van der Waals surface area contributed by atoms with Crippen LogP contribution in [0, 0.1) is 11.8 Å². The standard InChI is InChI=1S/C28H38N2O5/c29-27(32)28(35-26(31)22-10-17-33-18-11-22)12-5-20(6-13-28)7-14-30-15-8-21(9-16-30)24-19-34-25-4-2-1-3-23(24)25/h1-4,19-22H,5-18H2,(H2,29,32). The number of benzene rings is 1. The monoisotopic (exact) mass is 482 g/mol. The summed E-state index contributed by atoms with van der Waals surface area (Å²) < 4.78 is 16.9. The van der Waals surface area contributed by atoms with E-state index < -0.39 is 11.5 Å². The Kier molecular flexibility index (Phi) is 7.44. The molecule has 1 aromatic carbocycles. The molecule has 190 valence electrons. The maximum Gasteiger partial charge on any atom is 0.310 e. The Morgan fingerprint density at radius 3 is 2.46 bits per heavy atom. The van der Waals surface area contributed by atoms with E-state index in [1.165, 1.54) is 10.9 Å². The Bertz CT molecular complexity index is 1010. The van der Waals surface area contributed by atoms with Crippen molar-refractivity contribution in [3.8, 4) is 0 Å². The van der Waals surface area contributed by atoms with Gasteiger partial charge in [-0.3, -0.25) is 9.59 Å². The fourth-order valence-corrected chi connectivity index (χ4v) is 6.19. The van der Waals surface area contributed by atoms with E-state index in [2.05, 4.69) is 17.0 Å². The molecule has 0 unspecified atom stereocenters. The number of rotatable bonds is 7. The lowest BCUT2D eigenvalue weighted by Gasteiger charge is -2.39. The zero-order valence-corrected chi connectivity index (χ0v) is 20.6. The Morgan fingerprint density at radius 1 is 1.03 bits per heavy atom. The van der Waals surface area contributed by atoms with Crippen LogP contribution >= 0.6 is 0 Å². The summed E-state index contributed by atoms with van der Waals surface area (Å²) in [5.41, 5.74) is 6.95. The number of furan rings is 1. The normalized spacial score (nSPS) is 27.1. The van der Waals surface area contributed by atoms with Gasteiger partial charge in [-0.2, -0.15) is 0 Å². The molecular weight excluding hydrogens is 444 g/mol. The molecule has 0 spiro atoms. The lowest BCUT2D eigenvalue weighted by molar-refractivity contribution is -0.178. The third-order valence-electron chi connectivity index (χ3n) is 8.60. The number of carbonyl (C=O) groups is 2. The number of primary amides is 1. The Morgan fingerprint density at radius 2 is 1.74 bits per heavy atom. The molecule has 2 aromatic rings. The van der Waals surface area contributed by atoms with Crippen molar-refractivity contribution < 1.29 is 23.5 Å². The third-order valence-corrected chi connectivity index (χ3v) is 8.60. The Balaban J connectivity index is 1.07. The number of hydrogen-bond donors (Lipinski definition) is 1. The molecular formula is C28H38N2O5. The molecule has 2 aliphatic heterocycles. The molecule has 0 bridgehead atoms. The molecule has 1 saturated carbocycles. The summed E-state index contributed by atoms with van der Waals surface area (Å²) in [7, 11) is 0. The van der Waals surface area contributed by atoms with Crippen molar-refractivity contribution in [2.45, 2.75) is 69.3 Å².